The van der Waals surface area contributed by atoms with Crippen molar-refractivity contribution in [3.63, 3.8) is 0 Å². The van der Waals surface area contributed by atoms with E-state index in [0.29, 0.717) is 11.6 Å². The Bertz CT molecular complexity index is 654. The molecule has 7 heteroatoms. The highest BCUT2D eigenvalue weighted by molar-refractivity contribution is 6.33. The minimum Gasteiger partial charge on any atom is -0.349 e. The zero-order valence-corrected chi connectivity index (χ0v) is 12.6. The number of aromatic nitrogens is 3. The van der Waals surface area contributed by atoms with Gasteiger partial charge in [0.2, 0.25) is 0 Å². The second kappa shape index (κ2) is 6.44. The quantitative estimate of drug-likeness (QED) is 0.945. The molecular formula is C15H16ClFN4O. The molecule has 0 unspecified atom stereocenters. The third-order valence-corrected chi connectivity index (χ3v) is 4.33. The van der Waals surface area contributed by atoms with E-state index >= 15 is 0 Å². The van der Waals surface area contributed by atoms with Gasteiger partial charge < -0.3 is 5.32 Å². The lowest BCUT2D eigenvalue weighted by molar-refractivity contribution is 0.0922. The van der Waals surface area contributed by atoms with Crippen LogP contribution >= 0.6 is 11.6 Å². The monoisotopic (exact) mass is 322 g/mol. The highest BCUT2D eigenvalue weighted by atomic mass is 35.5. The molecule has 1 aliphatic rings. The summed E-state index contributed by atoms with van der Waals surface area (Å²) >= 11 is 5.91. The van der Waals surface area contributed by atoms with E-state index in [-0.39, 0.29) is 17.0 Å². The molecule has 1 amide bonds. The molecule has 1 N–H and O–H groups in total. The lowest BCUT2D eigenvalue weighted by atomic mass is 9.91. The van der Waals surface area contributed by atoms with Crippen LogP contribution in [0.15, 0.2) is 30.9 Å². The largest absolute Gasteiger partial charge is 0.349 e. The van der Waals surface area contributed by atoms with Crippen LogP contribution in [0.1, 0.15) is 42.1 Å². The molecule has 1 saturated carbocycles. The number of hydrogen-bond donors (Lipinski definition) is 1. The standard InChI is InChI=1S/C15H16ClFN4O/c16-14-7-10(17)1-6-13(14)15(22)20-11-2-4-12(5-3-11)21-9-18-8-19-21/h1,6-9,11-12H,2-5H2,(H,20,22). The molecule has 1 heterocycles. The smallest absolute Gasteiger partial charge is 0.253 e. The van der Waals surface area contributed by atoms with E-state index < -0.39 is 5.82 Å². The van der Waals surface area contributed by atoms with Gasteiger partial charge in [0.25, 0.3) is 5.91 Å². The number of benzene rings is 1. The minimum absolute atomic E-state index is 0.105. The van der Waals surface area contributed by atoms with Crippen LogP contribution in [0.3, 0.4) is 0 Å². The van der Waals surface area contributed by atoms with E-state index in [1.54, 1.807) is 6.33 Å². The molecule has 2 aromatic rings. The molecule has 0 spiro atoms. The van der Waals surface area contributed by atoms with Gasteiger partial charge in [-0.2, -0.15) is 5.10 Å². The summed E-state index contributed by atoms with van der Waals surface area (Å²) < 4.78 is 14.9. The van der Waals surface area contributed by atoms with Gasteiger partial charge in [-0.3, -0.25) is 4.79 Å². The first-order valence-electron chi connectivity index (χ1n) is 7.23. The Kier molecular flexibility index (Phi) is 4.38. The number of rotatable bonds is 3. The fourth-order valence-electron chi connectivity index (χ4n) is 2.83. The van der Waals surface area contributed by atoms with Gasteiger partial charge in [0, 0.05) is 6.04 Å². The van der Waals surface area contributed by atoms with E-state index in [1.807, 2.05) is 4.68 Å². The molecule has 1 aliphatic carbocycles. The SMILES string of the molecule is O=C(NC1CCC(n2cncn2)CC1)c1ccc(F)cc1Cl. The topological polar surface area (TPSA) is 59.8 Å². The van der Waals surface area contributed by atoms with E-state index in [4.69, 9.17) is 11.6 Å². The van der Waals surface area contributed by atoms with E-state index in [1.165, 1.54) is 18.5 Å². The molecule has 0 radical (unpaired) electrons. The number of hydrogen-bond acceptors (Lipinski definition) is 3. The van der Waals surface area contributed by atoms with Gasteiger partial charge in [-0.25, -0.2) is 14.1 Å². The van der Waals surface area contributed by atoms with Crippen molar-refractivity contribution in [1.82, 2.24) is 20.1 Å². The van der Waals surface area contributed by atoms with Gasteiger partial charge in [-0.1, -0.05) is 11.6 Å². The van der Waals surface area contributed by atoms with Crippen LogP contribution in [-0.2, 0) is 0 Å². The summed E-state index contributed by atoms with van der Waals surface area (Å²) in [6, 6.07) is 4.24. The Balaban J connectivity index is 1.57. The molecule has 0 aliphatic heterocycles. The van der Waals surface area contributed by atoms with Crippen LogP contribution < -0.4 is 5.32 Å². The van der Waals surface area contributed by atoms with Crippen molar-refractivity contribution in [2.75, 3.05) is 0 Å². The van der Waals surface area contributed by atoms with Crippen molar-refractivity contribution < 1.29 is 9.18 Å². The summed E-state index contributed by atoms with van der Waals surface area (Å²) in [6.07, 6.45) is 6.87. The van der Waals surface area contributed by atoms with Crippen molar-refractivity contribution in [2.45, 2.75) is 37.8 Å². The Hall–Kier alpha value is -1.95. The molecule has 0 bridgehead atoms. The Morgan fingerprint density at radius 3 is 2.73 bits per heavy atom. The maximum Gasteiger partial charge on any atom is 0.253 e. The summed E-state index contributed by atoms with van der Waals surface area (Å²) in [6.45, 7) is 0. The number of nitrogens with zero attached hydrogens (tertiary/aromatic N) is 3. The molecule has 1 aromatic heterocycles. The molecule has 0 atom stereocenters. The fraction of sp³-hybridized carbons (Fsp3) is 0.400. The second-order valence-electron chi connectivity index (χ2n) is 5.48. The Morgan fingerprint density at radius 1 is 1.32 bits per heavy atom. The van der Waals surface area contributed by atoms with Crippen LogP contribution in [-0.4, -0.2) is 26.7 Å². The predicted molar refractivity (Wildman–Crippen MR) is 80.2 cm³/mol. The third kappa shape index (κ3) is 3.27. The maximum atomic E-state index is 13.0. The predicted octanol–water partition coefficient (Wildman–Crippen LogP) is 2.98. The normalized spacial score (nSPS) is 21.5. The van der Waals surface area contributed by atoms with Crippen molar-refractivity contribution >= 4 is 17.5 Å². The van der Waals surface area contributed by atoms with Crippen LogP contribution in [0, 0.1) is 5.82 Å². The molecule has 5 nitrogen and oxygen atoms in total. The van der Waals surface area contributed by atoms with Gasteiger partial charge in [0.05, 0.1) is 16.6 Å². The summed E-state index contributed by atoms with van der Waals surface area (Å²) in [5, 5.41) is 7.26. The van der Waals surface area contributed by atoms with Gasteiger partial charge in [-0.05, 0) is 43.9 Å². The Morgan fingerprint density at radius 2 is 2.09 bits per heavy atom. The van der Waals surface area contributed by atoms with E-state index in [9.17, 15) is 9.18 Å². The van der Waals surface area contributed by atoms with E-state index in [2.05, 4.69) is 15.4 Å². The lowest BCUT2D eigenvalue weighted by Crippen LogP contribution is -2.38. The second-order valence-corrected chi connectivity index (χ2v) is 5.89. The molecular weight excluding hydrogens is 307 g/mol. The fourth-order valence-corrected chi connectivity index (χ4v) is 3.08. The van der Waals surface area contributed by atoms with Crippen LogP contribution in [0.2, 0.25) is 5.02 Å². The van der Waals surface area contributed by atoms with Gasteiger partial charge in [0.1, 0.15) is 18.5 Å². The lowest BCUT2D eigenvalue weighted by Gasteiger charge is -2.29. The third-order valence-electron chi connectivity index (χ3n) is 4.02. The maximum absolute atomic E-state index is 13.0. The summed E-state index contributed by atoms with van der Waals surface area (Å²) in [5.41, 5.74) is 0.307. The summed E-state index contributed by atoms with van der Waals surface area (Å²) in [4.78, 5) is 16.2. The first kappa shape index (κ1) is 15.0. The molecule has 116 valence electrons. The minimum atomic E-state index is -0.449. The van der Waals surface area contributed by atoms with Crippen molar-refractivity contribution in [2.24, 2.45) is 0 Å². The van der Waals surface area contributed by atoms with Crippen LogP contribution in [0.5, 0.6) is 0 Å². The van der Waals surface area contributed by atoms with Gasteiger partial charge in [0.15, 0.2) is 0 Å². The number of carbonyl (C=O) groups is 1. The zero-order valence-electron chi connectivity index (χ0n) is 11.9. The number of carbonyl (C=O) groups excluding carboxylic acids is 1. The van der Waals surface area contributed by atoms with Gasteiger partial charge in [-0.15, -0.1) is 0 Å². The zero-order chi connectivity index (χ0) is 15.5. The van der Waals surface area contributed by atoms with Crippen molar-refractivity contribution in [1.29, 1.82) is 0 Å². The number of amides is 1. The highest BCUT2D eigenvalue weighted by Gasteiger charge is 2.24. The summed E-state index contributed by atoms with van der Waals surface area (Å²) in [7, 11) is 0. The van der Waals surface area contributed by atoms with Crippen LogP contribution in [0.4, 0.5) is 4.39 Å². The molecule has 1 aromatic carbocycles. The van der Waals surface area contributed by atoms with E-state index in [0.717, 1.165) is 31.7 Å². The van der Waals surface area contributed by atoms with Crippen molar-refractivity contribution in [3.05, 3.63) is 47.3 Å². The average molecular weight is 323 g/mol. The first-order chi connectivity index (χ1) is 10.6. The molecule has 3 rings (SSSR count). The number of nitrogens with one attached hydrogen (secondary N) is 1. The highest BCUT2D eigenvalue weighted by Crippen LogP contribution is 2.28. The van der Waals surface area contributed by atoms with Crippen LogP contribution in [0.25, 0.3) is 0 Å². The summed E-state index contributed by atoms with van der Waals surface area (Å²) in [5.74, 6) is -0.705. The van der Waals surface area contributed by atoms with Crippen molar-refractivity contribution in [3.8, 4) is 0 Å². The first-order valence-corrected chi connectivity index (χ1v) is 7.61. The Labute approximate surface area is 132 Å². The molecule has 22 heavy (non-hydrogen) atoms. The molecule has 1 fully saturated rings. The van der Waals surface area contributed by atoms with Gasteiger partial charge >= 0.3 is 0 Å². The average Bonchev–Trinajstić information content (AvgIpc) is 3.02. The molecule has 0 saturated heterocycles. The number of halogens is 2.